The Balaban J connectivity index is 1.59. The SMILES string of the molecule is COc1ccccc1CCNC(=O)c1cc(C)nc(NCc2ccc(F)cc2)n1. The molecule has 0 radical (unpaired) electrons. The van der Waals surface area contributed by atoms with E-state index < -0.39 is 0 Å². The maximum Gasteiger partial charge on any atom is 0.270 e. The molecule has 2 aromatic carbocycles. The number of carbonyl (C=O) groups excluding carboxylic acids is 1. The van der Waals surface area contributed by atoms with E-state index in [1.165, 1.54) is 12.1 Å². The van der Waals surface area contributed by atoms with Gasteiger partial charge in [-0.1, -0.05) is 30.3 Å². The number of hydrogen-bond donors (Lipinski definition) is 2. The number of rotatable bonds is 8. The van der Waals surface area contributed by atoms with E-state index in [1.807, 2.05) is 24.3 Å². The molecular weight excluding hydrogens is 371 g/mol. The summed E-state index contributed by atoms with van der Waals surface area (Å²) in [5.41, 5.74) is 2.88. The Hall–Kier alpha value is -3.48. The number of aromatic nitrogens is 2. The molecule has 1 heterocycles. The maximum absolute atomic E-state index is 13.0. The van der Waals surface area contributed by atoms with E-state index in [1.54, 1.807) is 32.2 Å². The minimum atomic E-state index is -0.285. The average Bonchev–Trinajstić information content (AvgIpc) is 2.73. The number of nitrogens with one attached hydrogen (secondary N) is 2. The number of anilines is 1. The number of nitrogens with zero attached hydrogens (tertiary/aromatic N) is 2. The summed E-state index contributed by atoms with van der Waals surface area (Å²) in [6, 6.07) is 15.5. The third kappa shape index (κ3) is 5.75. The van der Waals surface area contributed by atoms with Crippen LogP contribution in [0, 0.1) is 12.7 Å². The summed E-state index contributed by atoms with van der Waals surface area (Å²) in [6.45, 7) is 2.69. The highest BCUT2D eigenvalue weighted by Gasteiger charge is 2.11. The van der Waals surface area contributed by atoms with E-state index in [4.69, 9.17) is 4.74 Å². The molecule has 0 atom stereocenters. The quantitative estimate of drug-likeness (QED) is 0.611. The molecule has 1 aromatic heterocycles. The Morgan fingerprint density at radius 1 is 1.10 bits per heavy atom. The molecule has 6 nitrogen and oxygen atoms in total. The van der Waals surface area contributed by atoms with Gasteiger partial charge in [0, 0.05) is 18.8 Å². The Labute approximate surface area is 169 Å². The van der Waals surface area contributed by atoms with Gasteiger partial charge in [-0.3, -0.25) is 4.79 Å². The van der Waals surface area contributed by atoms with Gasteiger partial charge >= 0.3 is 0 Å². The van der Waals surface area contributed by atoms with Gasteiger partial charge in [-0.15, -0.1) is 0 Å². The van der Waals surface area contributed by atoms with Crippen LogP contribution < -0.4 is 15.4 Å². The van der Waals surface area contributed by atoms with Gasteiger partial charge in [0.05, 0.1) is 7.11 Å². The first-order valence-corrected chi connectivity index (χ1v) is 9.29. The fraction of sp³-hybridized carbons (Fsp3) is 0.227. The third-order valence-corrected chi connectivity index (χ3v) is 4.32. The molecule has 0 saturated carbocycles. The molecule has 0 spiro atoms. The predicted octanol–water partition coefficient (Wildman–Crippen LogP) is 3.52. The van der Waals surface area contributed by atoms with Gasteiger partial charge in [0.25, 0.3) is 5.91 Å². The Bertz CT molecular complexity index is 977. The van der Waals surface area contributed by atoms with Crippen molar-refractivity contribution in [1.29, 1.82) is 0 Å². The smallest absolute Gasteiger partial charge is 0.270 e. The van der Waals surface area contributed by atoms with E-state index in [-0.39, 0.29) is 11.7 Å². The Morgan fingerprint density at radius 3 is 2.62 bits per heavy atom. The van der Waals surface area contributed by atoms with Gasteiger partial charge in [-0.05, 0) is 48.7 Å². The molecule has 150 valence electrons. The number of para-hydroxylation sites is 1. The zero-order valence-corrected chi connectivity index (χ0v) is 16.4. The van der Waals surface area contributed by atoms with Gasteiger partial charge < -0.3 is 15.4 Å². The number of amides is 1. The topological polar surface area (TPSA) is 76.1 Å². The van der Waals surface area contributed by atoms with Crippen molar-refractivity contribution in [2.75, 3.05) is 19.0 Å². The summed E-state index contributed by atoms with van der Waals surface area (Å²) in [7, 11) is 1.63. The molecule has 7 heteroatoms. The van der Waals surface area contributed by atoms with Crippen LogP contribution in [0.4, 0.5) is 10.3 Å². The van der Waals surface area contributed by atoms with E-state index in [0.717, 1.165) is 16.9 Å². The molecule has 0 saturated heterocycles. The summed E-state index contributed by atoms with van der Waals surface area (Å²) in [6.07, 6.45) is 0.648. The van der Waals surface area contributed by atoms with Gasteiger partial charge in [0.1, 0.15) is 17.3 Å². The molecule has 0 aliphatic rings. The molecule has 3 aromatic rings. The number of aryl methyl sites for hydroxylation is 1. The van der Waals surface area contributed by atoms with Crippen LogP contribution in [-0.2, 0) is 13.0 Å². The van der Waals surface area contributed by atoms with E-state index in [9.17, 15) is 9.18 Å². The summed E-state index contributed by atoms with van der Waals surface area (Å²) >= 11 is 0. The lowest BCUT2D eigenvalue weighted by molar-refractivity contribution is 0.0949. The number of halogens is 1. The van der Waals surface area contributed by atoms with Crippen LogP contribution in [0.1, 0.15) is 27.3 Å². The lowest BCUT2D eigenvalue weighted by Crippen LogP contribution is -2.27. The summed E-state index contributed by atoms with van der Waals surface area (Å²) in [5, 5.41) is 5.95. The normalized spacial score (nSPS) is 10.4. The molecule has 0 aliphatic heterocycles. The molecule has 3 rings (SSSR count). The van der Waals surface area contributed by atoms with Crippen LogP contribution in [0.25, 0.3) is 0 Å². The highest BCUT2D eigenvalue weighted by molar-refractivity contribution is 5.92. The molecule has 29 heavy (non-hydrogen) atoms. The first-order valence-electron chi connectivity index (χ1n) is 9.29. The summed E-state index contributed by atoms with van der Waals surface area (Å²) in [5.74, 6) is 0.596. The molecule has 1 amide bonds. The number of benzene rings is 2. The zero-order valence-electron chi connectivity index (χ0n) is 16.4. The molecule has 0 aliphatic carbocycles. The van der Waals surface area contributed by atoms with Crippen LogP contribution in [-0.4, -0.2) is 29.5 Å². The summed E-state index contributed by atoms with van der Waals surface area (Å²) in [4.78, 5) is 21.1. The lowest BCUT2D eigenvalue weighted by atomic mass is 10.1. The van der Waals surface area contributed by atoms with Gasteiger partial charge in [0.15, 0.2) is 0 Å². The van der Waals surface area contributed by atoms with Crippen molar-refractivity contribution in [2.45, 2.75) is 19.9 Å². The number of methoxy groups -OCH3 is 1. The van der Waals surface area contributed by atoms with E-state index in [0.29, 0.717) is 36.8 Å². The largest absolute Gasteiger partial charge is 0.496 e. The number of carbonyl (C=O) groups is 1. The second-order valence-electron chi connectivity index (χ2n) is 6.52. The van der Waals surface area contributed by atoms with E-state index >= 15 is 0 Å². The highest BCUT2D eigenvalue weighted by atomic mass is 19.1. The van der Waals surface area contributed by atoms with E-state index in [2.05, 4.69) is 20.6 Å². The second kappa shape index (κ2) is 9.64. The van der Waals surface area contributed by atoms with Crippen LogP contribution in [0.5, 0.6) is 5.75 Å². The second-order valence-corrected chi connectivity index (χ2v) is 6.52. The maximum atomic E-state index is 13.0. The molecular formula is C22H23FN4O2. The van der Waals surface area contributed by atoms with Crippen molar-refractivity contribution < 1.29 is 13.9 Å². The van der Waals surface area contributed by atoms with Gasteiger partial charge in [0.2, 0.25) is 5.95 Å². The molecule has 2 N–H and O–H groups in total. The standard InChI is InChI=1S/C22H23FN4O2/c1-15-13-19(21(28)24-12-11-17-5-3-4-6-20(17)29-2)27-22(26-15)25-14-16-7-9-18(23)10-8-16/h3-10,13H,11-12,14H2,1-2H3,(H,24,28)(H,25,26,27). The average molecular weight is 394 g/mol. The Morgan fingerprint density at radius 2 is 1.86 bits per heavy atom. The van der Waals surface area contributed by atoms with Crippen LogP contribution >= 0.6 is 0 Å². The van der Waals surface area contributed by atoms with Crippen molar-refractivity contribution in [3.8, 4) is 5.75 Å². The van der Waals surface area contributed by atoms with Gasteiger partial charge in [-0.25, -0.2) is 14.4 Å². The fourth-order valence-electron chi connectivity index (χ4n) is 2.86. The minimum Gasteiger partial charge on any atom is -0.496 e. The zero-order chi connectivity index (χ0) is 20.6. The van der Waals surface area contributed by atoms with Crippen molar-refractivity contribution in [1.82, 2.24) is 15.3 Å². The molecule has 0 bridgehead atoms. The first-order chi connectivity index (χ1) is 14.0. The monoisotopic (exact) mass is 394 g/mol. The van der Waals surface area contributed by atoms with Crippen molar-refractivity contribution in [2.24, 2.45) is 0 Å². The molecule has 0 fully saturated rings. The van der Waals surface area contributed by atoms with Crippen molar-refractivity contribution >= 4 is 11.9 Å². The van der Waals surface area contributed by atoms with Crippen molar-refractivity contribution in [3.63, 3.8) is 0 Å². The number of hydrogen-bond acceptors (Lipinski definition) is 5. The predicted molar refractivity (Wildman–Crippen MR) is 110 cm³/mol. The van der Waals surface area contributed by atoms with Crippen molar-refractivity contribution in [3.05, 3.63) is 82.9 Å². The molecule has 0 unspecified atom stereocenters. The lowest BCUT2D eigenvalue weighted by Gasteiger charge is -2.10. The summed E-state index contributed by atoms with van der Waals surface area (Å²) < 4.78 is 18.3. The van der Waals surface area contributed by atoms with Crippen LogP contribution in [0.2, 0.25) is 0 Å². The van der Waals surface area contributed by atoms with Crippen LogP contribution in [0.3, 0.4) is 0 Å². The number of ether oxygens (including phenoxy) is 1. The third-order valence-electron chi connectivity index (χ3n) is 4.32. The van der Waals surface area contributed by atoms with Gasteiger partial charge in [-0.2, -0.15) is 0 Å². The Kier molecular flexibility index (Phi) is 6.73. The van der Waals surface area contributed by atoms with Crippen LogP contribution in [0.15, 0.2) is 54.6 Å². The fourth-order valence-corrected chi connectivity index (χ4v) is 2.86. The minimum absolute atomic E-state index is 0.268. The highest BCUT2D eigenvalue weighted by Crippen LogP contribution is 2.17. The first kappa shape index (κ1) is 20.3.